The topological polar surface area (TPSA) is 46.3 Å². The van der Waals surface area contributed by atoms with E-state index in [2.05, 4.69) is 0 Å². The zero-order valence-corrected chi connectivity index (χ0v) is 12.3. The second-order valence-electron chi connectivity index (χ2n) is 4.21. The summed E-state index contributed by atoms with van der Waals surface area (Å²) in [4.78, 5) is 13.6. The van der Waals surface area contributed by atoms with Crippen LogP contribution in [0.25, 0.3) is 0 Å². The van der Waals surface area contributed by atoms with Gasteiger partial charge in [0.15, 0.2) is 0 Å². The van der Waals surface area contributed by atoms with Crippen molar-refractivity contribution in [1.29, 1.82) is 0 Å². The number of benzene rings is 1. The molecule has 0 aromatic heterocycles. The van der Waals surface area contributed by atoms with Crippen molar-refractivity contribution >= 4 is 29.3 Å². The molecule has 1 aromatic rings. The van der Waals surface area contributed by atoms with Gasteiger partial charge in [0.2, 0.25) is 5.91 Å². The molecule has 0 spiro atoms. The molecule has 1 aromatic carbocycles. The molecule has 0 saturated carbocycles. The van der Waals surface area contributed by atoms with Gasteiger partial charge in [-0.3, -0.25) is 4.79 Å². The quantitative estimate of drug-likeness (QED) is 0.873. The van der Waals surface area contributed by atoms with E-state index in [4.69, 9.17) is 17.3 Å². The Morgan fingerprint density at radius 2 is 2.06 bits per heavy atom. The van der Waals surface area contributed by atoms with Gasteiger partial charge in [0.25, 0.3) is 0 Å². The largest absolute Gasteiger partial charge is 0.340 e. The summed E-state index contributed by atoms with van der Waals surface area (Å²) in [5.74, 6) is 0.890. The van der Waals surface area contributed by atoms with Crippen molar-refractivity contribution in [3.05, 3.63) is 34.9 Å². The molecule has 1 rings (SSSR count). The van der Waals surface area contributed by atoms with Crippen molar-refractivity contribution in [2.75, 3.05) is 19.1 Å². The summed E-state index contributed by atoms with van der Waals surface area (Å²) >= 11 is 7.51. The van der Waals surface area contributed by atoms with Gasteiger partial charge in [0.05, 0.1) is 6.04 Å². The predicted octanol–water partition coefficient (Wildman–Crippen LogP) is 2.38. The Morgan fingerprint density at radius 1 is 1.44 bits per heavy atom. The van der Waals surface area contributed by atoms with Gasteiger partial charge in [-0.1, -0.05) is 23.7 Å². The molecular weight excluding hydrogens is 268 g/mol. The van der Waals surface area contributed by atoms with Crippen LogP contribution in [0, 0.1) is 0 Å². The molecular formula is C13H19ClN2OS. The standard InChI is InChI=1S/C13H19ClN2OS/c1-16(13(17)12(15)7-8-18-2)9-10-3-5-11(14)6-4-10/h3-6,12H,7-9,15H2,1-2H3/t12-/m1/s1. The monoisotopic (exact) mass is 286 g/mol. The maximum atomic E-state index is 12.0. The van der Waals surface area contributed by atoms with Crippen LogP contribution in [0.4, 0.5) is 0 Å². The second kappa shape index (κ2) is 7.67. The fraction of sp³-hybridized carbons (Fsp3) is 0.462. The Bertz CT molecular complexity index is 383. The first kappa shape index (κ1) is 15.3. The summed E-state index contributed by atoms with van der Waals surface area (Å²) in [6.07, 6.45) is 2.72. The lowest BCUT2D eigenvalue weighted by atomic mass is 10.2. The smallest absolute Gasteiger partial charge is 0.239 e. The maximum absolute atomic E-state index is 12.0. The lowest BCUT2D eigenvalue weighted by Gasteiger charge is -2.21. The van der Waals surface area contributed by atoms with Crippen LogP contribution in [0.15, 0.2) is 24.3 Å². The molecule has 1 atom stereocenters. The van der Waals surface area contributed by atoms with Crippen LogP contribution in [0.2, 0.25) is 5.02 Å². The molecule has 1 amide bonds. The molecule has 0 fully saturated rings. The molecule has 0 aliphatic carbocycles. The minimum absolute atomic E-state index is 0.0148. The molecule has 0 unspecified atom stereocenters. The Kier molecular flexibility index (Phi) is 6.54. The number of likely N-dealkylation sites (N-methyl/N-ethyl adjacent to an activating group) is 1. The van der Waals surface area contributed by atoms with Gasteiger partial charge in [-0.05, 0) is 36.1 Å². The Morgan fingerprint density at radius 3 is 2.61 bits per heavy atom. The molecule has 0 aliphatic rings. The number of amides is 1. The number of hydrogen-bond acceptors (Lipinski definition) is 3. The van der Waals surface area contributed by atoms with E-state index in [0.717, 1.165) is 11.3 Å². The van der Waals surface area contributed by atoms with Crippen molar-refractivity contribution < 1.29 is 4.79 Å². The number of carbonyl (C=O) groups excluding carboxylic acids is 1. The number of nitrogens with zero attached hydrogens (tertiary/aromatic N) is 1. The first-order valence-electron chi connectivity index (χ1n) is 5.78. The van der Waals surface area contributed by atoms with E-state index in [9.17, 15) is 4.79 Å². The third-order valence-corrected chi connectivity index (χ3v) is 3.56. The van der Waals surface area contributed by atoms with Gasteiger partial charge in [0, 0.05) is 18.6 Å². The molecule has 0 heterocycles. The molecule has 0 bridgehead atoms. The summed E-state index contributed by atoms with van der Waals surface area (Å²) < 4.78 is 0. The lowest BCUT2D eigenvalue weighted by Crippen LogP contribution is -2.41. The Hall–Kier alpha value is -0.710. The summed E-state index contributed by atoms with van der Waals surface area (Å²) in [5.41, 5.74) is 6.90. The van der Waals surface area contributed by atoms with Crippen molar-refractivity contribution in [1.82, 2.24) is 4.90 Å². The highest BCUT2D eigenvalue weighted by atomic mass is 35.5. The normalized spacial score (nSPS) is 12.2. The summed E-state index contributed by atoms with van der Waals surface area (Å²) in [6.45, 7) is 0.559. The van der Waals surface area contributed by atoms with Crippen LogP contribution in [-0.4, -0.2) is 35.9 Å². The first-order valence-corrected chi connectivity index (χ1v) is 7.55. The number of carbonyl (C=O) groups is 1. The molecule has 5 heteroatoms. The zero-order valence-electron chi connectivity index (χ0n) is 10.7. The van der Waals surface area contributed by atoms with Gasteiger partial charge in [-0.25, -0.2) is 0 Å². The first-order chi connectivity index (χ1) is 8.54. The van der Waals surface area contributed by atoms with Crippen molar-refractivity contribution in [3.63, 3.8) is 0 Å². The number of nitrogens with two attached hydrogens (primary N) is 1. The summed E-state index contributed by atoms with van der Waals surface area (Å²) in [6, 6.07) is 7.07. The number of rotatable bonds is 6. The average Bonchev–Trinajstić information content (AvgIpc) is 2.37. The maximum Gasteiger partial charge on any atom is 0.239 e. The molecule has 100 valence electrons. The van der Waals surface area contributed by atoms with E-state index in [1.807, 2.05) is 30.5 Å². The zero-order chi connectivity index (χ0) is 13.5. The van der Waals surface area contributed by atoms with E-state index in [1.54, 1.807) is 23.7 Å². The van der Waals surface area contributed by atoms with Gasteiger partial charge < -0.3 is 10.6 Å². The van der Waals surface area contributed by atoms with E-state index < -0.39 is 6.04 Å². The third-order valence-electron chi connectivity index (χ3n) is 2.66. The average molecular weight is 287 g/mol. The molecule has 3 nitrogen and oxygen atoms in total. The van der Waals surface area contributed by atoms with Crippen LogP contribution < -0.4 is 5.73 Å². The minimum atomic E-state index is -0.408. The number of halogens is 1. The van der Waals surface area contributed by atoms with Gasteiger partial charge >= 0.3 is 0 Å². The summed E-state index contributed by atoms with van der Waals surface area (Å²) in [7, 11) is 1.77. The molecule has 18 heavy (non-hydrogen) atoms. The predicted molar refractivity (Wildman–Crippen MR) is 78.9 cm³/mol. The highest BCUT2D eigenvalue weighted by Crippen LogP contribution is 2.11. The van der Waals surface area contributed by atoms with Crippen LogP contribution >= 0.6 is 23.4 Å². The highest BCUT2D eigenvalue weighted by molar-refractivity contribution is 7.98. The molecule has 2 N–H and O–H groups in total. The van der Waals surface area contributed by atoms with Gasteiger partial charge in [0.1, 0.15) is 0 Å². The van der Waals surface area contributed by atoms with E-state index >= 15 is 0 Å². The van der Waals surface area contributed by atoms with Gasteiger partial charge in [-0.2, -0.15) is 11.8 Å². The SMILES string of the molecule is CSCC[C@@H](N)C(=O)N(C)Cc1ccc(Cl)cc1. The molecule has 0 radical (unpaired) electrons. The van der Waals surface area contributed by atoms with E-state index in [-0.39, 0.29) is 5.91 Å². The van der Waals surface area contributed by atoms with Crippen LogP contribution in [0.3, 0.4) is 0 Å². The minimum Gasteiger partial charge on any atom is -0.340 e. The second-order valence-corrected chi connectivity index (χ2v) is 5.63. The Balaban J connectivity index is 2.51. The van der Waals surface area contributed by atoms with Crippen LogP contribution in [0.1, 0.15) is 12.0 Å². The van der Waals surface area contributed by atoms with Crippen molar-refractivity contribution in [3.8, 4) is 0 Å². The number of thioether (sulfide) groups is 1. The van der Waals surface area contributed by atoms with Crippen LogP contribution in [-0.2, 0) is 11.3 Å². The fourth-order valence-electron chi connectivity index (χ4n) is 1.59. The molecule has 0 aliphatic heterocycles. The summed E-state index contributed by atoms with van der Waals surface area (Å²) in [5, 5.41) is 0.699. The van der Waals surface area contributed by atoms with Crippen molar-refractivity contribution in [2.45, 2.75) is 19.0 Å². The fourth-order valence-corrected chi connectivity index (χ4v) is 2.21. The van der Waals surface area contributed by atoms with E-state index in [0.29, 0.717) is 18.0 Å². The van der Waals surface area contributed by atoms with Gasteiger partial charge in [-0.15, -0.1) is 0 Å². The molecule has 0 saturated heterocycles. The number of hydrogen-bond donors (Lipinski definition) is 1. The van der Waals surface area contributed by atoms with E-state index in [1.165, 1.54) is 0 Å². The Labute approximate surface area is 118 Å². The van der Waals surface area contributed by atoms with Crippen LogP contribution in [0.5, 0.6) is 0 Å². The van der Waals surface area contributed by atoms with Crippen molar-refractivity contribution in [2.24, 2.45) is 5.73 Å². The highest BCUT2D eigenvalue weighted by Gasteiger charge is 2.17. The lowest BCUT2D eigenvalue weighted by molar-refractivity contribution is -0.131. The third kappa shape index (κ3) is 4.88.